The average molecular weight is 130 g/mol. The molecule has 0 bridgehead atoms. The quantitative estimate of drug-likeness (QED) is 0.349. The van der Waals surface area contributed by atoms with E-state index < -0.39 is 0 Å². The van der Waals surface area contributed by atoms with Crippen molar-refractivity contribution >= 4 is 8.80 Å². The minimum atomic E-state index is -0.139. The molecule has 0 nitrogen and oxygen atoms in total. The van der Waals surface area contributed by atoms with E-state index in [1.54, 1.807) is 0 Å². The molecule has 8 heavy (non-hydrogen) atoms. The lowest BCUT2D eigenvalue weighted by atomic mass is 10.4. The fourth-order valence-electron chi connectivity index (χ4n) is 0. The van der Waals surface area contributed by atoms with Gasteiger partial charge in [-0.15, -0.1) is 6.58 Å². The summed E-state index contributed by atoms with van der Waals surface area (Å²) in [5, 5.41) is 0. The Morgan fingerprint density at radius 1 is 1.12 bits per heavy atom. The second kappa shape index (κ2) is 6.96. The zero-order chi connectivity index (χ0) is 7.15. The van der Waals surface area contributed by atoms with Gasteiger partial charge in [0.25, 0.3) is 0 Å². The molecule has 0 aliphatic rings. The van der Waals surface area contributed by atoms with E-state index in [2.05, 4.69) is 26.2 Å². The molecule has 0 aromatic heterocycles. The van der Waals surface area contributed by atoms with Gasteiger partial charge >= 0.3 is 0 Å². The van der Waals surface area contributed by atoms with Crippen molar-refractivity contribution in [3.05, 3.63) is 12.2 Å². The van der Waals surface area contributed by atoms with Crippen LogP contribution in [0.5, 0.6) is 0 Å². The first-order chi connectivity index (χ1) is 3.46. The molecular formula is C7H18Si. The topological polar surface area (TPSA) is 0 Å². The van der Waals surface area contributed by atoms with Gasteiger partial charge in [-0.1, -0.05) is 25.2 Å². The van der Waals surface area contributed by atoms with Crippen LogP contribution in [0.3, 0.4) is 0 Å². The molecule has 0 saturated carbocycles. The predicted octanol–water partition coefficient (Wildman–Crippen LogP) is 2.69. The fraction of sp³-hybridized carbons (Fsp3) is 0.714. The van der Waals surface area contributed by atoms with Crippen molar-refractivity contribution < 1.29 is 0 Å². The molecule has 0 aromatic rings. The van der Waals surface area contributed by atoms with E-state index in [1.807, 2.05) is 13.8 Å². The zero-order valence-corrected chi connectivity index (χ0v) is 7.94. The van der Waals surface area contributed by atoms with Crippen LogP contribution in [-0.4, -0.2) is 8.80 Å². The molecule has 0 unspecified atom stereocenters. The first-order valence-corrected chi connectivity index (χ1v) is 6.55. The van der Waals surface area contributed by atoms with Crippen molar-refractivity contribution in [2.75, 3.05) is 0 Å². The molecule has 0 atom stereocenters. The molecule has 0 rings (SSSR count). The molecule has 0 aliphatic carbocycles. The van der Waals surface area contributed by atoms with E-state index in [4.69, 9.17) is 0 Å². The maximum absolute atomic E-state index is 3.56. The van der Waals surface area contributed by atoms with Crippen LogP contribution in [0.15, 0.2) is 12.2 Å². The van der Waals surface area contributed by atoms with E-state index in [0.717, 1.165) is 0 Å². The molecule has 0 radical (unpaired) electrons. The summed E-state index contributed by atoms with van der Waals surface area (Å²) in [6.45, 7) is 14.4. The highest BCUT2D eigenvalue weighted by molar-refractivity contribution is 6.54. The van der Waals surface area contributed by atoms with Crippen LogP contribution in [0, 0.1) is 0 Å². The number of allylic oxidation sites excluding steroid dienone is 1. The summed E-state index contributed by atoms with van der Waals surface area (Å²) in [5.41, 5.74) is 1.17. The molecule has 0 amide bonds. The number of hydrogen-bond acceptors (Lipinski definition) is 0. The Morgan fingerprint density at radius 3 is 1.12 bits per heavy atom. The standard InChI is InChI=1S/C4H8.C3H10Si/c2*1-4(2)3/h1H2,2-3H3;4H,1-3H3. The highest BCUT2D eigenvalue weighted by atomic mass is 28.3. The third kappa shape index (κ3) is 78700. The largest absolute Gasteiger partial charge is 0.100 e. The summed E-state index contributed by atoms with van der Waals surface area (Å²) in [5.74, 6) is 0. The molecule has 0 N–H and O–H groups in total. The SMILES string of the molecule is C=C(C)C.C[SiH](C)C. The van der Waals surface area contributed by atoms with Crippen LogP contribution < -0.4 is 0 Å². The van der Waals surface area contributed by atoms with Gasteiger partial charge in [0.05, 0.1) is 0 Å². The van der Waals surface area contributed by atoms with Gasteiger partial charge < -0.3 is 0 Å². The van der Waals surface area contributed by atoms with E-state index in [0.29, 0.717) is 0 Å². The Hall–Kier alpha value is -0.0431. The Labute approximate surface area is 55.2 Å². The monoisotopic (exact) mass is 130 g/mol. The van der Waals surface area contributed by atoms with Gasteiger partial charge in [0.1, 0.15) is 0 Å². The molecule has 1 heteroatoms. The molecule has 50 valence electrons. The van der Waals surface area contributed by atoms with E-state index in [9.17, 15) is 0 Å². The molecular weight excluding hydrogens is 112 g/mol. The van der Waals surface area contributed by atoms with Crippen molar-refractivity contribution in [3.63, 3.8) is 0 Å². The maximum Gasteiger partial charge on any atom is 0.0274 e. The minimum absolute atomic E-state index is 0.139. The number of hydrogen-bond donors (Lipinski definition) is 0. The third-order valence-corrected chi connectivity index (χ3v) is 0. The van der Waals surface area contributed by atoms with Crippen molar-refractivity contribution in [3.8, 4) is 0 Å². The Morgan fingerprint density at radius 2 is 1.12 bits per heavy atom. The summed E-state index contributed by atoms with van der Waals surface area (Å²) in [4.78, 5) is 0. The van der Waals surface area contributed by atoms with Crippen molar-refractivity contribution in [2.45, 2.75) is 33.5 Å². The van der Waals surface area contributed by atoms with Gasteiger partial charge in [0.2, 0.25) is 0 Å². The lowest BCUT2D eigenvalue weighted by Crippen LogP contribution is -1.84. The highest BCUT2D eigenvalue weighted by Gasteiger charge is 1.71. The molecule has 0 heterocycles. The van der Waals surface area contributed by atoms with Gasteiger partial charge in [0.15, 0.2) is 0 Å². The Balaban J connectivity index is 0. The van der Waals surface area contributed by atoms with Crippen LogP contribution in [0.25, 0.3) is 0 Å². The van der Waals surface area contributed by atoms with Gasteiger partial charge in [-0.3, -0.25) is 0 Å². The predicted molar refractivity (Wildman–Crippen MR) is 45.2 cm³/mol. The van der Waals surface area contributed by atoms with Gasteiger partial charge in [0, 0.05) is 8.80 Å². The van der Waals surface area contributed by atoms with Crippen LogP contribution in [0.4, 0.5) is 0 Å². The second-order valence-corrected chi connectivity index (χ2v) is 6.40. The highest BCUT2D eigenvalue weighted by Crippen LogP contribution is 1.73. The smallest absolute Gasteiger partial charge is 0.0274 e. The van der Waals surface area contributed by atoms with Gasteiger partial charge in [-0.25, -0.2) is 0 Å². The maximum atomic E-state index is 3.56. The Bertz CT molecular complexity index is 48.7. The first-order valence-electron chi connectivity index (χ1n) is 3.09. The molecule has 0 aliphatic heterocycles. The lowest BCUT2D eigenvalue weighted by molar-refractivity contribution is 1.42. The summed E-state index contributed by atoms with van der Waals surface area (Å²) < 4.78 is 0. The average Bonchev–Trinajstić information content (AvgIpc) is 1.25. The van der Waals surface area contributed by atoms with Gasteiger partial charge in [-0.2, -0.15) is 0 Å². The summed E-state index contributed by atoms with van der Waals surface area (Å²) >= 11 is 0. The van der Waals surface area contributed by atoms with Crippen LogP contribution in [-0.2, 0) is 0 Å². The second-order valence-electron chi connectivity index (χ2n) is 2.94. The summed E-state index contributed by atoms with van der Waals surface area (Å²) in [6, 6.07) is 0. The summed E-state index contributed by atoms with van der Waals surface area (Å²) in [7, 11) is -0.139. The zero-order valence-electron chi connectivity index (χ0n) is 6.78. The van der Waals surface area contributed by atoms with E-state index >= 15 is 0 Å². The molecule has 0 spiro atoms. The molecule has 0 saturated heterocycles. The van der Waals surface area contributed by atoms with Crippen molar-refractivity contribution in [2.24, 2.45) is 0 Å². The third-order valence-electron chi connectivity index (χ3n) is 0. The van der Waals surface area contributed by atoms with Crippen LogP contribution in [0.2, 0.25) is 19.6 Å². The van der Waals surface area contributed by atoms with Crippen LogP contribution in [0.1, 0.15) is 13.8 Å². The first kappa shape index (κ1) is 10.9. The van der Waals surface area contributed by atoms with E-state index in [-0.39, 0.29) is 8.80 Å². The number of rotatable bonds is 0. The normalized spacial score (nSPS) is 7.75. The minimum Gasteiger partial charge on any atom is -0.100 e. The fourth-order valence-corrected chi connectivity index (χ4v) is 0. The van der Waals surface area contributed by atoms with E-state index in [1.165, 1.54) is 5.57 Å². The Kier molecular flexibility index (Phi) is 9.44. The van der Waals surface area contributed by atoms with Crippen molar-refractivity contribution in [1.82, 2.24) is 0 Å². The lowest BCUT2D eigenvalue weighted by Gasteiger charge is -1.75. The molecule has 0 aromatic carbocycles. The molecule has 0 fully saturated rings. The summed E-state index contributed by atoms with van der Waals surface area (Å²) in [6.07, 6.45) is 0. The van der Waals surface area contributed by atoms with Crippen LogP contribution >= 0.6 is 0 Å². The van der Waals surface area contributed by atoms with Gasteiger partial charge in [-0.05, 0) is 13.8 Å². The van der Waals surface area contributed by atoms with Crippen molar-refractivity contribution in [1.29, 1.82) is 0 Å².